The molecule has 0 aliphatic carbocycles. The Bertz CT molecular complexity index is 324. The van der Waals surface area contributed by atoms with E-state index in [2.05, 4.69) is 10.1 Å². The third-order valence-electron chi connectivity index (χ3n) is 2.08. The molecule has 0 bridgehead atoms. The van der Waals surface area contributed by atoms with Gasteiger partial charge in [0, 0.05) is 13.1 Å². The summed E-state index contributed by atoms with van der Waals surface area (Å²) in [4.78, 5) is 0. The van der Waals surface area contributed by atoms with Gasteiger partial charge in [0.25, 0.3) is 0 Å². The molecule has 2 N–H and O–H groups in total. The lowest BCUT2D eigenvalue weighted by molar-refractivity contribution is -0.323. The predicted molar refractivity (Wildman–Crippen MR) is 56.1 cm³/mol. The summed E-state index contributed by atoms with van der Waals surface area (Å²) in [5.41, 5.74) is 1.74. The smallest absolute Gasteiger partial charge is 0.392 e. The molecule has 6 heteroatoms. The van der Waals surface area contributed by atoms with Crippen molar-refractivity contribution in [2.24, 2.45) is 0 Å². The van der Waals surface area contributed by atoms with Gasteiger partial charge in [-0.2, -0.15) is 0 Å². The van der Waals surface area contributed by atoms with Gasteiger partial charge in [-0.3, -0.25) is 4.74 Å². The summed E-state index contributed by atoms with van der Waals surface area (Å²) in [6.07, 6.45) is -4.57. The number of aliphatic hydroxyl groups is 1. The van der Waals surface area contributed by atoms with E-state index in [1.165, 1.54) is 0 Å². The number of aliphatic hydroxyl groups excluding tert-OH is 1. The fraction of sp³-hybridized carbons (Fsp3) is 0.455. The minimum atomic E-state index is -4.57. The number of alkyl halides is 3. The van der Waals surface area contributed by atoms with E-state index in [0.29, 0.717) is 6.54 Å². The molecule has 1 aromatic rings. The molecule has 1 rings (SSSR count). The van der Waals surface area contributed by atoms with Crippen LogP contribution in [0.3, 0.4) is 0 Å². The maximum absolute atomic E-state index is 11.6. The van der Waals surface area contributed by atoms with Crippen LogP contribution in [0.15, 0.2) is 24.3 Å². The second-order valence-electron chi connectivity index (χ2n) is 3.45. The first-order valence-corrected chi connectivity index (χ1v) is 5.11. The fourth-order valence-corrected chi connectivity index (χ4v) is 1.23. The number of nitrogens with one attached hydrogen (secondary N) is 1. The van der Waals surface area contributed by atoms with E-state index in [-0.39, 0.29) is 13.2 Å². The lowest BCUT2D eigenvalue weighted by atomic mass is 10.1. The molecule has 0 saturated carbocycles. The second kappa shape index (κ2) is 6.58. The van der Waals surface area contributed by atoms with E-state index >= 15 is 0 Å². The first-order valence-electron chi connectivity index (χ1n) is 5.11. The Morgan fingerprint density at radius 2 is 1.71 bits per heavy atom. The van der Waals surface area contributed by atoms with Crippen LogP contribution in [0.4, 0.5) is 13.2 Å². The molecular formula is C11H14F3NO2. The molecule has 0 fully saturated rings. The number of rotatable bonds is 6. The molecule has 0 aromatic heterocycles. The number of benzene rings is 1. The molecule has 0 unspecified atom stereocenters. The van der Waals surface area contributed by atoms with Crippen molar-refractivity contribution in [3.63, 3.8) is 0 Å². The molecule has 0 heterocycles. The molecule has 1 aromatic carbocycles. The monoisotopic (exact) mass is 249 g/mol. The number of ether oxygens (including phenoxy) is 1. The molecule has 0 spiro atoms. The lowest BCUT2D eigenvalue weighted by Crippen LogP contribution is -2.23. The summed E-state index contributed by atoms with van der Waals surface area (Å²) >= 11 is 0. The van der Waals surface area contributed by atoms with Crippen LogP contribution in [-0.4, -0.2) is 24.6 Å². The van der Waals surface area contributed by atoms with Crippen molar-refractivity contribution in [2.45, 2.75) is 19.5 Å². The van der Waals surface area contributed by atoms with E-state index in [0.717, 1.165) is 11.1 Å². The van der Waals surface area contributed by atoms with Crippen LogP contribution in [-0.2, 0) is 17.9 Å². The Morgan fingerprint density at radius 1 is 1.12 bits per heavy atom. The average molecular weight is 249 g/mol. The summed E-state index contributed by atoms with van der Waals surface area (Å²) in [6, 6.07) is 7.15. The maximum Gasteiger partial charge on any atom is 0.522 e. The predicted octanol–water partition coefficient (Wildman–Crippen LogP) is 1.80. The highest BCUT2D eigenvalue weighted by Gasteiger charge is 2.28. The topological polar surface area (TPSA) is 41.5 Å². The molecule has 0 radical (unpaired) electrons. The van der Waals surface area contributed by atoms with Gasteiger partial charge in [0.1, 0.15) is 0 Å². The number of hydrogen-bond donors (Lipinski definition) is 2. The van der Waals surface area contributed by atoms with Crippen molar-refractivity contribution in [1.82, 2.24) is 5.32 Å². The van der Waals surface area contributed by atoms with Gasteiger partial charge in [-0.15, -0.1) is 13.2 Å². The average Bonchev–Trinajstić information content (AvgIpc) is 2.28. The van der Waals surface area contributed by atoms with Gasteiger partial charge in [0.2, 0.25) is 0 Å². The highest BCUT2D eigenvalue weighted by atomic mass is 19.4. The third kappa shape index (κ3) is 6.25. The van der Waals surface area contributed by atoms with Gasteiger partial charge >= 0.3 is 6.36 Å². The molecule has 96 valence electrons. The minimum absolute atomic E-state index is 0.0207. The molecule has 17 heavy (non-hydrogen) atoms. The standard InChI is InChI=1S/C11H14F3NO2/c12-11(13,14)17-6-5-15-7-9-1-3-10(8-16)4-2-9/h1-4,15-16H,5-8H2. The quantitative estimate of drug-likeness (QED) is 0.755. The molecule has 3 nitrogen and oxygen atoms in total. The second-order valence-corrected chi connectivity index (χ2v) is 3.45. The van der Waals surface area contributed by atoms with Gasteiger partial charge < -0.3 is 10.4 Å². The minimum Gasteiger partial charge on any atom is -0.392 e. The zero-order chi connectivity index (χ0) is 12.7. The highest BCUT2D eigenvalue weighted by Crippen LogP contribution is 2.15. The fourth-order valence-electron chi connectivity index (χ4n) is 1.23. The van der Waals surface area contributed by atoms with Crippen molar-refractivity contribution in [3.8, 4) is 0 Å². The van der Waals surface area contributed by atoms with Crippen LogP contribution in [0.2, 0.25) is 0 Å². The Kier molecular flexibility index (Phi) is 5.40. The van der Waals surface area contributed by atoms with Crippen LogP contribution in [0.1, 0.15) is 11.1 Å². The van der Waals surface area contributed by atoms with E-state index in [1.54, 1.807) is 12.1 Å². The SMILES string of the molecule is OCc1ccc(CNCCOC(F)(F)F)cc1. The van der Waals surface area contributed by atoms with E-state index in [9.17, 15) is 13.2 Å². The summed E-state index contributed by atoms with van der Waals surface area (Å²) < 4.78 is 38.5. The van der Waals surface area contributed by atoms with E-state index < -0.39 is 13.0 Å². The zero-order valence-corrected chi connectivity index (χ0v) is 9.13. The lowest BCUT2D eigenvalue weighted by Gasteiger charge is -2.08. The van der Waals surface area contributed by atoms with Crippen molar-refractivity contribution in [3.05, 3.63) is 35.4 Å². The maximum atomic E-state index is 11.6. The van der Waals surface area contributed by atoms with Gasteiger partial charge in [0.05, 0.1) is 13.2 Å². The van der Waals surface area contributed by atoms with Gasteiger partial charge in [-0.25, -0.2) is 0 Å². The van der Waals surface area contributed by atoms with Crippen molar-refractivity contribution in [1.29, 1.82) is 0 Å². The van der Waals surface area contributed by atoms with Crippen molar-refractivity contribution < 1.29 is 23.0 Å². The molecular weight excluding hydrogens is 235 g/mol. The van der Waals surface area contributed by atoms with Crippen LogP contribution < -0.4 is 5.32 Å². The van der Waals surface area contributed by atoms with Crippen molar-refractivity contribution >= 4 is 0 Å². The Balaban J connectivity index is 2.18. The Labute approximate surface area is 97.2 Å². The first kappa shape index (κ1) is 14.0. The highest BCUT2D eigenvalue weighted by molar-refractivity contribution is 5.21. The summed E-state index contributed by atoms with van der Waals surface area (Å²) in [5, 5.41) is 11.6. The van der Waals surface area contributed by atoms with E-state index in [4.69, 9.17) is 5.11 Å². The first-order chi connectivity index (χ1) is 8.01. The molecule has 0 atom stereocenters. The third-order valence-corrected chi connectivity index (χ3v) is 2.08. The van der Waals surface area contributed by atoms with Crippen LogP contribution >= 0.6 is 0 Å². The summed E-state index contributed by atoms with van der Waals surface area (Å²) in [5.74, 6) is 0. The van der Waals surface area contributed by atoms with E-state index in [1.807, 2.05) is 12.1 Å². The Morgan fingerprint density at radius 3 is 2.24 bits per heavy atom. The molecule has 0 saturated heterocycles. The number of halogens is 3. The largest absolute Gasteiger partial charge is 0.522 e. The Hall–Kier alpha value is -1.11. The zero-order valence-electron chi connectivity index (χ0n) is 9.13. The van der Waals surface area contributed by atoms with Crippen LogP contribution in [0.25, 0.3) is 0 Å². The van der Waals surface area contributed by atoms with Gasteiger partial charge in [-0.1, -0.05) is 24.3 Å². The normalized spacial score (nSPS) is 11.8. The van der Waals surface area contributed by atoms with Crippen molar-refractivity contribution in [2.75, 3.05) is 13.2 Å². The van der Waals surface area contributed by atoms with Gasteiger partial charge in [0.15, 0.2) is 0 Å². The molecule has 0 amide bonds. The summed E-state index contributed by atoms with van der Waals surface area (Å²) in [6.45, 7) is 0.166. The van der Waals surface area contributed by atoms with Crippen LogP contribution in [0, 0.1) is 0 Å². The van der Waals surface area contributed by atoms with Gasteiger partial charge in [-0.05, 0) is 11.1 Å². The van der Waals surface area contributed by atoms with Crippen LogP contribution in [0.5, 0.6) is 0 Å². The number of hydrogen-bond acceptors (Lipinski definition) is 3. The molecule has 0 aliphatic heterocycles. The summed E-state index contributed by atoms with van der Waals surface area (Å²) in [7, 11) is 0. The molecule has 0 aliphatic rings.